The number of nitrogens with zero attached hydrogens (tertiary/aromatic N) is 1. The van der Waals surface area contributed by atoms with E-state index in [1.54, 1.807) is 18.2 Å². The average molecular weight is 289 g/mol. The molecule has 0 fully saturated rings. The molecule has 8 heteroatoms. The second-order valence-electron chi connectivity index (χ2n) is 3.90. The van der Waals surface area contributed by atoms with Crippen LogP contribution >= 0.6 is 11.6 Å². The molecule has 1 aromatic rings. The van der Waals surface area contributed by atoms with Gasteiger partial charge in [-0.2, -0.15) is 0 Å². The van der Waals surface area contributed by atoms with Crippen molar-refractivity contribution >= 4 is 23.2 Å². The Morgan fingerprint density at radius 1 is 1.63 bits per heavy atom. The van der Waals surface area contributed by atoms with Gasteiger partial charge in [0.05, 0.1) is 0 Å². The summed E-state index contributed by atoms with van der Waals surface area (Å²) in [6.45, 7) is 1.39. The monoisotopic (exact) mass is 288 g/mol. The summed E-state index contributed by atoms with van der Waals surface area (Å²) in [5.74, 6) is 5.09. The molecule has 1 amide bonds. The number of nitrogens with one attached hydrogen (secondary N) is 2. The van der Waals surface area contributed by atoms with Crippen LogP contribution in [0.15, 0.2) is 18.2 Å². The third-order valence-electron chi connectivity index (χ3n) is 2.22. The van der Waals surface area contributed by atoms with E-state index in [9.17, 15) is 9.90 Å². The number of benzene rings is 1. The van der Waals surface area contributed by atoms with Gasteiger partial charge in [-0.1, -0.05) is 17.7 Å². The SMILES string of the molecule is CC(=O)NOCc1c(Cl)cccc1NC(O)N(C)N. The molecule has 5 N–H and O–H groups in total. The van der Waals surface area contributed by atoms with Crippen molar-refractivity contribution in [2.75, 3.05) is 12.4 Å². The lowest BCUT2D eigenvalue weighted by Crippen LogP contribution is -2.42. The van der Waals surface area contributed by atoms with Crippen LogP contribution in [0, 0.1) is 0 Å². The number of anilines is 1. The fourth-order valence-corrected chi connectivity index (χ4v) is 1.52. The van der Waals surface area contributed by atoms with Crippen molar-refractivity contribution in [2.24, 2.45) is 5.84 Å². The van der Waals surface area contributed by atoms with Crippen LogP contribution < -0.4 is 16.6 Å². The summed E-state index contributed by atoms with van der Waals surface area (Å²) in [6.07, 6.45) is -1.07. The van der Waals surface area contributed by atoms with Crippen LogP contribution in [0.2, 0.25) is 5.02 Å². The van der Waals surface area contributed by atoms with E-state index >= 15 is 0 Å². The molecule has 0 aromatic heterocycles. The molecule has 0 saturated carbocycles. The highest BCUT2D eigenvalue weighted by molar-refractivity contribution is 6.31. The summed E-state index contributed by atoms with van der Waals surface area (Å²) in [6, 6.07) is 5.11. The quantitative estimate of drug-likeness (QED) is 0.343. The highest BCUT2D eigenvalue weighted by Gasteiger charge is 2.12. The Kier molecular flexibility index (Phi) is 6.00. The predicted molar refractivity (Wildman–Crippen MR) is 71.6 cm³/mol. The maximum atomic E-state index is 10.7. The van der Waals surface area contributed by atoms with Crippen LogP contribution in [-0.4, -0.2) is 29.4 Å². The summed E-state index contributed by atoms with van der Waals surface area (Å²) >= 11 is 6.05. The second-order valence-corrected chi connectivity index (χ2v) is 4.30. The zero-order chi connectivity index (χ0) is 14.4. The van der Waals surface area contributed by atoms with Crippen LogP contribution in [0.5, 0.6) is 0 Å². The lowest BCUT2D eigenvalue weighted by molar-refractivity contribution is -0.132. The van der Waals surface area contributed by atoms with Gasteiger partial charge in [-0.15, -0.1) is 0 Å². The first-order valence-corrected chi connectivity index (χ1v) is 5.87. The van der Waals surface area contributed by atoms with Gasteiger partial charge in [-0.3, -0.25) is 15.5 Å². The number of nitrogens with two attached hydrogens (primary N) is 1. The molecule has 0 saturated heterocycles. The van der Waals surface area contributed by atoms with Gasteiger partial charge in [-0.25, -0.2) is 10.5 Å². The molecule has 19 heavy (non-hydrogen) atoms. The van der Waals surface area contributed by atoms with Crippen molar-refractivity contribution in [2.45, 2.75) is 19.9 Å². The maximum Gasteiger partial charge on any atom is 0.240 e. The summed E-state index contributed by atoms with van der Waals surface area (Å²) < 4.78 is 0. The van der Waals surface area contributed by atoms with E-state index in [0.29, 0.717) is 16.3 Å². The Labute approximate surface area is 116 Å². The first kappa shape index (κ1) is 15.7. The molecule has 0 heterocycles. The molecule has 0 bridgehead atoms. The Bertz CT molecular complexity index is 442. The number of rotatable bonds is 6. The standard InChI is InChI=1S/C11H17ClN4O3/c1-7(17)15-19-6-8-9(12)4-3-5-10(8)14-11(18)16(2)13/h3-5,11,14,18H,6,13H2,1-2H3,(H,15,17). The molecule has 1 rings (SSSR count). The number of aliphatic hydroxyl groups excluding tert-OH is 1. The van der Waals surface area contributed by atoms with Crippen molar-refractivity contribution in [1.29, 1.82) is 0 Å². The van der Waals surface area contributed by atoms with E-state index < -0.39 is 6.35 Å². The number of hydrogen-bond donors (Lipinski definition) is 4. The molecular formula is C11H17ClN4O3. The molecule has 0 aliphatic carbocycles. The molecular weight excluding hydrogens is 272 g/mol. The molecule has 0 spiro atoms. The lowest BCUT2D eigenvalue weighted by Gasteiger charge is -2.22. The fourth-order valence-electron chi connectivity index (χ4n) is 1.29. The number of amides is 1. The predicted octanol–water partition coefficient (Wildman–Crippen LogP) is 0.401. The minimum Gasteiger partial charge on any atom is -0.360 e. The van der Waals surface area contributed by atoms with E-state index in [1.807, 2.05) is 0 Å². The van der Waals surface area contributed by atoms with Gasteiger partial charge >= 0.3 is 0 Å². The zero-order valence-electron chi connectivity index (χ0n) is 10.7. The van der Waals surface area contributed by atoms with Gasteiger partial charge in [-0.05, 0) is 12.1 Å². The minimum absolute atomic E-state index is 0.0581. The number of carbonyl (C=O) groups excluding carboxylic acids is 1. The Morgan fingerprint density at radius 2 is 2.32 bits per heavy atom. The Balaban J connectivity index is 2.79. The van der Waals surface area contributed by atoms with E-state index in [2.05, 4.69) is 10.8 Å². The van der Waals surface area contributed by atoms with Crippen molar-refractivity contribution in [3.05, 3.63) is 28.8 Å². The van der Waals surface area contributed by atoms with E-state index in [-0.39, 0.29) is 12.5 Å². The maximum absolute atomic E-state index is 10.7. The number of aliphatic hydroxyl groups is 1. The largest absolute Gasteiger partial charge is 0.360 e. The molecule has 1 atom stereocenters. The summed E-state index contributed by atoms with van der Waals surface area (Å²) in [4.78, 5) is 15.7. The van der Waals surface area contributed by atoms with E-state index in [4.69, 9.17) is 22.3 Å². The van der Waals surface area contributed by atoms with Gasteiger partial charge in [0.25, 0.3) is 0 Å². The molecule has 1 aromatic carbocycles. The smallest absolute Gasteiger partial charge is 0.240 e. The van der Waals surface area contributed by atoms with Gasteiger partial charge in [0.1, 0.15) is 6.61 Å². The first-order chi connectivity index (χ1) is 8.91. The fraction of sp³-hybridized carbons (Fsp3) is 0.364. The summed E-state index contributed by atoms with van der Waals surface area (Å²) in [5, 5.41) is 14.0. The van der Waals surface area contributed by atoms with Gasteiger partial charge < -0.3 is 10.4 Å². The molecule has 0 aliphatic rings. The average Bonchev–Trinajstić information content (AvgIpc) is 2.32. The topological polar surface area (TPSA) is 99.8 Å². The number of hydrazine groups is 1. The number of halogens is 1. The first-order valence-electron chi connectivity index (χ1n) is 5.49. The van der Waals surface area contributed by atoms with Crippen molar-refractivity contribution in [3.8, 4) is 0 Å². The molecule has 7 nitrogen and oxygen atoms in total. The van der Waals surface area contributed by atoms with Crippen LogP contribution in [0.1, 0.15) is 12.5 Å². The second kappa shape index (κ2) is 7.27. The van der Waals surface area contributed by atoms with Crippen LogP contribution in [-0.2, 0) is 16.2 Å². The molecule has 0 radical (unpaired) electrons. The lowest BCUT2D eigenvalue weighted by atomic mass is 10.2. The number of hydroxylamine groups is 1. The Morgan fingerprint density at radius 3 is 2.89 bits per heavy atom. The third kappa shape index (κ3) is 5.01. The minimum atomic E-state index is -1.07. The van der Waals surface area contributed by atoms with Crippen molar-refractivity contribution < 1.29 is 14.7 Å². The van der Waals surface area contributed by atoms with Crippen molar-refractivity contribution in [1.82, 2.24) is 10.5 Å². The third-order valence-corrected chi connectivity index (χ3v) is 2.58. The van der Waals surface area contributed by atoms with Crippen molar-refractivity contribution in [3.63, 3.8) is 0 Å². The summed E-state index contributed by atoms with van der Waals surface area (Å²) in [7, 11) is 1.51. The number of carbonyl (C=O) groups is 1. The van der Waals surface area contributed by atoms with Gasteiger partial charge in [0, 0.05) is 30.2 Å². The van der Waals surface area contributed by atoms with Crippen LogP contribution in [0.4, 0.5) is 5.69 Å². The highest BCUT2D eigenvalue weighted by Crippen LogP contribution is 2.25. The van der Waals surface area contributed by atoms with E-state index in [0.717, 1.165) is 5.01 Å². The van der Waals surface area contributed by atoms with Gasteiger partial charge in [0.2, 0.25) is 5.91 Å². The molecule has 0 aliphatic heterocycles. The van der Waals surface area contributed by atoms with Crippen LogP contribution in [0.3, 0.4) is 0 Å². The summed E-state index contributed by atoms with van der Waals surface area (Å²) in [5.41, 5.74) is 3.36. The highest BCUT2D eigenvalue weighted by atomic mass is 35.5. The van der Waals surface area contributed by atoms with Gasteiger partial charge in [0.15, 0.2) is 6.35 Å². The normalized spacial score (nSPS) is 12.3. The zero-order valence-corrected chi connectivity index (χ0v) is 11.4. The van der Waals surface area contributed by atoms with E-state index in [1.165, 1.54) is 14.0 Å². The molecule has 1 unspecified atom stereocenters. The van der Waals surface area contributed by atoms with Crippen LogP contribution in [0.25, 0.3) is 0 Å². The number of hydrogen-bond acceptors (Lipinski definition) is 6. The Hall–Kier alpha value is -1.38. The molecule has 106 valence electrons.